The lowest BCUT2D eigenvalue weighted by Crippen LogP contribution is -2.28. The summed E-state index contributed by atoms with van der Waals surface area (Å²) in [5.74, 6) is 0.976. The molecule has 26 heavy (non-hydrogen) atoms. The van der Waals surface area contributed by atoms with Crippen LogP contribution < -0.4 is 14.5 Å². The fourth-order valence-electron chi connectivity index (χ4n) is 2.61. The molecule has 0 atom stereocenters. The van der Waals surface area contributed by atoms with E-state index in [0.29, 0.717) is 27.1 Å². The molecule has 0 saturated heterocycles. The first kappa shape index (κ1) is 19.9. The van der Waals surface area contributed by atoms with Crippen molar-refractivity contribution in [3.63, 3.8) is 0 Å². The molecule has 0 aromatic heterocycles. The molecule has 0 fully saturated rings. The van der Waals surface area contributed by atoms with Crippen molar-refractivity contribution in [2.45, 2.75) is 26.9 Å². The number of ether oxygens (including phenoxy) is 3. The number of hydrogen-bond acceptors (Lipinski definition) is 5. The van der Waals surface area contributed by atoms with Gasteiger partial charge in [0.25, 0.3) is 0 Å². The summed E-state index contributed by atoms with van der Waals surface area (Å²) in [6, 6.07) is 8.66. The lowest BCUT2D eigenvalue weighted by atomic mass is 10.1. The van der Waals surface area contributed by atoms with Gasteiger partial charge in [0.05, 0.1) is 30.5 Å². The molecular weight excluding hydrogens is 358 g/mol. The molecule has 2 aromatic rings. The van der Waals surface area contributed by atoms with Crippen molar-refractivity contribution in [2.75, 3.05) is 19.3 Å². The number of amides is 1. The van der Waals surface area contributed by atoms with E-state index in [2.05, 4.69) is 11.7 Å². The van der Waals surface area contributed by atoms with Crippen molar-refractivity contribution < 1.29 is 24.2 Å². The summed E-state index contributed by atoms with van der Waals surface area (Å²) < 4.78 is 15.7. The third-order valence-corrected chi connectivity index (χ3v) is 4.34. The molecule has 2 rings (SSSR count). The van der Waals surface area contributed by atoms with Gasteiger partial charge in [0.2, 0.25) is 0 Å². The molecule has 2 aromatic carbocycles. The SMILES string of the molecule is CCc1cc(Cl)c(OCc2c(OC)cccc2N(O)C(=O)OC)cc1C. The Balaban J connectivity index is 2.34. The van der Waals surface area contributed by atoms with Gasteiger partial charge >= 0.3 is 6.09 Å². The van der Waals surface area contributed by atoms with Crippen LogP contribution in [0.3, 0.4) is 0 Å². The van der Waals surface area contributed by atoms with Gasteiger partial charge in [0, 0.05) is 0 Å². The van der Waals surface area contributed by atoms with Crippen LogP contribution in [0.1, 0.15) is 23.6 Å². The minimum Gasteiger partial charge on any atom is -0.496 e. The number of anilines is 1. The molecule has 0 unspecified atom stereocenters. The van der Waals surface area contributed by atoms with Crippen molar-refractivity contribution >= 4 is 23.4 Å². The Hall–Kier alpha value is -2.44. The summed E-state index contributed by atoms with van der Waals surface area (Å²) in [5.41, 5.74) is 2.91. The summed E-state index contributed by atoms with van der Waals surface area (Å²) in [4.78, 5) is 11.7. The Morgan fingerprint density at radius 1 is 1.23 bits per heavy atom. The smallest absolute Gasteiger partial charge is 0.438 e. The first-order valence-corrected chi connectivity index (χ1v) is 8.45. The van der Waals surface area contributed by atoms with Crippen LogP contribution in [-0.4, -0.2) is 25.5 Å². The number of hydroxylamine groups is 1. The Morgan fingerprint density at radius 3 is 2.58 bits per heavy atom. The molecule has 0 aliphatic carbocycles. The minimum atomic E-state index is -0.916. The van der Waals surface area contributed by atoms with Crippen LogP contribution in [0.25, 0.3) is 0 Å². The molecule has 7 heteroatoms. The predicted octanol–water partition coefficient (Wildman–Crippen LogP) is 4.76. The van der Waals surface area contributed by atoms with E-state index >= 15 is 0 Å². The molecule has 6 nitrogen and oxygen atoms in total. The van der Waals surface area contributed by atoms with E-state index in [1.807, 2.05) is 19.1 Å². The number of rotatable bonds is 6. The number of nitrogens with zero attached hydrogens (tertiary/aromatic N) is 1. The molecule has 1 N–H and O–H groups in total. The predicted molar refractivity (Wildman–Crippen MR) is 99.6 cm³/mol. The highest BCUT2D eigenvalue weighted by molar-refractivity contribution is 6.32. The van der Waals surface area contributed by atoms with Crippen molar-refractivity contribution in [3.8, 4) is 11.5 Å². The van der Waals surface area contributed by atoms with Gasteiger partial charge in [-0.3, -0.25) is 5.21 Å². The summed E-state index contributed by atoms with van der Waals surface area (Å²) >= 11 is 6.31. The maximum atomic E-state index is 11.7. The van der Waals surface area contributed by atoms with Crippen LogP contribution in [0.15, 0.2) is 30.3 Å². The summed E-state index contributed by atoms with van der Waals surface area (Å²) in [7, 11) is 2.68. The quantitative estimate of drug-likeness (QED) is 0.578. The van der Waals surface area contributed by atoms with Gasteiger partial charge in [0.15, 0.2) is 0 Å². The number of methoxy groups -OCH3 is 2. The fraction of sp³-hybridized carbons (Fsp3) is 0.316. The van der Waals surface area contributed by atoms with Crippen LogP contribution >= 0.6 is 11.6 Å². The van der Waals surface area contributed by atoms with E-state index < -0.39 is 6.09 Å². The Labute approximate surface area is 157 Å². The Kier molecular flexibility index (Phi) is 6.71. The molecule has 0 bridgehead atoms. The Morgan fingerprint density at radius 2 is 1.96 bits per heavy atom. The first-order valence-electron chi connectivity index (χ1n) is 8.07. The van der Waals surface area contributed by atoms with Crippen molar-refractivity contribution in [2.24, 2.45) is 0 Å². The van der Waals surface area contributed by atoms with E-state index in [1.54, 1.807) is 18.2 Å². The molecule has 0 saturated carbocycles. The van der Waals surface area contributed by atoms with Gasteiger partial charge in [-0.05, 0) is 48.7 Å². The second-order valence-electron chi connectivity index (χ2n) is 5.59. The second kappa shape index (κ2) is 8.78. The minimum absolute atomic E-state index is 0.0397. The lowest BCUT2D eigenvalue weighted by Gasteiger charge is -2.20. The molecule has 0 aliphatic rings. The van der Waals surface area contributed by atoms with Crippen molar-refractivity contribution in [1.82, 2.24) is 0 Å². The number of aryl methyl sites for hydroxylation is 2. The largest absolute Gasteiger partial charge is 0.496 e. The topological polar surface area (TPSA) is 68.2 Å². The molecule has 140 valence electrons. The number of halogens is 1. The van der Waals surface area contributed by atoms with Gasteiger partial charge in [0.1, 0.15) is 18.1 Å². The highest BCUT2D eigenvalue weighted by atomic mass is 35.5. The van der Waals surface area contributed by atoms with E-state index in [0.717, 1.165) is 17.5 Å². The maximum absolute atomic E-state index is 11.7. The van der Waals surface area contributed by atoms with Crippen LogP contribution in [0.5, 0.6) is 11.5 Å². The molecular formula is C19H22ClNO5. The van der Waals surface area contributed by atoms with Gasteiger partial charge in [-0.2, -0.15) is 5.06 Å². The van der Waals surface area contributed by atoms with Crippen molar-refractivity contribution in [3.05, 3.63) is 52.0 Å². The van der Waals surface area contributed by atoms with Crippen LogP contribution in [0.2, 0.25) is 5.02 Å². The van der Waals surface area contributed by atoms with E-state index in [4.69, 9.17) is 21.1 Å². The van der Waals surface area contributed by atoms with Gasteiger partial charge < -0.3 is 14.2 Å². The molecule has 0 radical (unpaired) electrons. The zero-order chi connectivity index (χ0) is 19.3. The summed E-state index contributed by atoms with van der Waals surface area (Å²) in [6.45, 7) is 4.09. The molecule has 0 spiro atoms. The molecule has 0 heterocycles. The Bertz CT molecular complexity index is 794. The van der Waals surface area contributed by atoms with E-state index in [1.165, 1.54) is 14.2 Å². The monoisotopic (exact) mass is 379 g/mol. The van der Waals surface area contributed by atoms with Gasteiger partial charge in [-0.15, -0.1) is 0 Å². The molecule has 0 aliphatic heterocycles. The average Bonchev–Trinajstić information content (AvgIpc) is 2.66. The van der Waals surface area contributed by atoms with Crippen molar-refractivity contribution in [1.29, 1.82) is 0 Å². The number of carbonyl (C=O) groups excluding carboxylic acids is 1. The van der Waals surface area contributed by atoms with Gasteiger partial charge in [-0.25, -0.2) is 4.79 Å². The molecule has 1 amide bonds. The van der Waals surface area contributed by atoms with Crippen LogP contribution in [0, 0.1) is 6.92 Å². The number of benzene rings is 2. The normalized spacial score (nSPS) is 10.4. The fourth-order valence-corrected chi connectivity index (χ4v) is 2.85. The van der Waals surface area contributed by atoms with E-state index in [-0.39, 0.29) is 12.3 Å². The average molecular weight is 380 g/mol. The lowest BCUT2D eigenvalue weighted by molar-refractivity contribution is 0.140. The zero-order valence-corrected chi connectivity index (χ0v) is 16.0. The number of hydrogen-bond donors (Lipinski definition) is 1. The summed E-state index contributed by atoms with van der Waals surface area (Å²) in [5, 5.41) is 11.0. The summed E-state index contributed by atoms with van der Waals surface area (Å²) in [6.07, 6.45) is -0.0400. The highest BCUT2D eigenvalue weighted by Gasteiger charge is 2.21. The number of carbonyl (C=O) groups is 1. The highest BCUT2D eigenvalue weighted by Crippen LogP contribution is 2.33. The first-order chi connectivity index (χ1) is 12.4. The van der Waals surface area contributed by atoms with Crippen LogP contribution in [-0.2, 0) is 17.8 Å². The zero-order valence-electron chi connectivity index (χ0n) is 15.2. The second-order valence-corrected chi connectivity index (χ2v) is 6.00. The van der Waals surface area contributed by atoms with Crippen LogP contribution in [0.4, 0.5) is 10.5 Å². The van der Waals surface area contributed by atoms with E-state index in [9.17, 15) is 10.0 Å². The maximum Gasteiger partial charge on any atom is 0.438 e. The standard InChI is InChI=1S/C19H22ClNO5/c1-5-13-10-15(20)18(9-12(13)2)26-11-14-16(21(23)19(22)25-4)7-6-8-17(14)24-3/h6-10,23H,5,11H2,1-4H3. The van der Waals surface area contributed by atoms with Gasteiger partial charge in [-0.1, -0.05) is 24.6 Å². The third-order valence-electron chi connectivity index (χ3n) is 4.05. The third kappa shape index (κ3) is 4.20.